The molecule has 0 radical (unpaired) electrons. The van der Waals surface area contributed by atoms with Gasteiger partial charge in [0.25, 0.3) is 0 Å². The van der Waals surface area contributed by atoms with Gasteiger partial charge >= 0.3 is 0 Å². The minimum atomic E-state index is 0.527. The first-order valence-electron chi connectivity index (χ1n) is 5.78. The van der Waals surface area contributed by atoms with Gasteiger partial charge in [-0.05, 0) is 49.4 Å². The highest BCUT2D eigenvalue weighted by Gasteiger charge is 2.22. The van der Waals surface area contributed by atoms with E-state index in [2.05, 4.69) is 52.4 Å². The molecule has 15 heavy (non-hydrogen) atoms. The number of halogens is 1. The maximum Gasteiger partial charge on any atom is 0.0317 e. The lowest BCUT2D eigenvalue weighted by molar-refractivity contribution is 0.502. The van der Waals surface area contributed by atoms with Crippen LogP contribution in [0.15, 0.2) is 28.7 Å². The van der Waals surface area contributed by atoms with E-state index in [-0.39, 0.29) is 0 Å². The molecule has 0 saturated heterocycles. The third-order valence-electron chi connectivity index (χ3n) is 3.03. The van der Waals surface area contributed by atoms with Gasteiger partial charge in [-0.3, -0.25) is 0 Å². The summed E-state index contributed by atoms with van der Waals surface area (Å²) in [4.78, 5) is 0. The molecule has 1 aromatic rings. The molecular weight excluding hydrogens is 250 g/mol. The van der Waals surface area contributed by atoms with Crippen molar-refractivity contribution in [1.82, 2.24) is 5.32 Å². The van der Waals surface area contributed by atoms with Crippen molar-refractivity contribution < 1.29 is 0 Å². The van der Waals surface area contributed by atoms with Crippen LogP contribution in [0.25, 0.3) is 0 Å². The lowest BCUT2D eigenvalue weighted by Crippen LogP contribution is -2.22. The monoisotopic (exact) mass is 267 g/mol. The molecule has 1 saturated carbocycles. The van der Waals surface area contributed by atoms with Crippen molar-refractivity contribution in [3.8, 4) is 0 Å². The number of benzene rings is 1. The van der Waals surface area contributed by atoms with E-state index in [1.807, 2.05) is 0 Å². The predicted octanol–water partition coefficient (Wildman–Crippen LogP) is 3.90. The van der Waals surface area contributed by atoms with E-state index in [0.717, 1.165) is 16.8 Å². The zero-order valence-corrected chi connectivity index (χ0v) is 10.8. The van der Waals surface area contributed by atoms with E-state index in [0.29, 0.717) is 6.04 Å². The van der Waals surface area contributed by atoms with Gasteiger partial charge in [0.05, 0.1) is 0 Å². The van der Waals surface area contributed by atoms with Crippen LogP contribution in [0.3, 0.4) is 0 Å². The molecule has 2 heteroatoms. The van der Waals surface area contributed by atoms with Gasteiger partial charge in [0, 0.05) is 10.5 Å². The van der Waals surface area contributed by atoms with Gasteiger partial charge in [-0.25, -0.2) is 0 Å². The van der Waals surface area contributed by atoms with Gasteiger partial charge in [0.15, 0.2) is 0 Å². The summed E-state index contributed by atoms with van der Waals surface area (Å²) in [5, 5.41) is 3.65. The zero-order chi connectivity index (χ0) is 10.7. The Bertz CT molecular complexity index is 303. The minimum absolute atomic E-state index is 0.527. The summed E-state index contributed by atoms with van der Waals surface area (Å²) in [6, 6.07) is 9.18. The summed E-state index contributed by atoms with van der Waals surface area (Å²) in [7, 11) is 0. The fourth-order valence-corrected chi connectivity index (χ4v) is 2.09. The summed E-state index contributed by atoms with van der Waals surface area (Å²) in [5.41, 5.74) is 1.40. The summed E-state index contributed by atoms with van der Waals surface area (Å²) in [6.07, 6.45) is 4.00. The number of hydrogen-bond donors (Lipinski definition) is 1. The minimum Gasteiger partial charge on any atom is -0.310 e. The smallest absolute Gasteiger partial charge is 0.0317 e. The molecule has 1 aliphatic carbocycles. The van der Waals surface area contributed by atoms with E-state index in [4.69, 9.17) is 0 Å². The third kappa shape index (κ3) is 3.32. The third-order valence-corrected chi connectivity index (χ3v) is 3.56. The first-order chi connectivity index (χ1) is 7.29. The molecule has 2 rings (SSSR count). The highest BCUT2D eigenvalue weighted by molar-refractivity contribution is 9.10. The average molecular weight is 268 g/mol. The van der Waals surface area contributed by atoms with Gasteiger partial charge in [0.2, 0.25) is 0 Å². The molecule has 1 unspecified atom stereocenters. The van der Waals surface area contributed by atoms with E-state index in [1.54, 1.807) is 0 Å². The van der Waals surface area contributed by atoms with Crippen LogP contribution in [0.2, 0.25) is 0 Å². The van der Waals surface area contributed by atoms with Crippen LogP contribution >= 0.6 is 15.9 Å². The molecule has 82 valence electrons. The Kier molecular flexibility index (Phi) is 3.81. The number of nitrogens with one attached hydrogen (secondary N) is 1. The van der Waals surface area contributed by atoms with Crippen molar-refractivity contribution in [2.24, 2.45) is 5.92 Å². The molecule has 1 aromatic carbocycles. The second-order valence-corrected chi connectivity index (χ2v) is 5.28. The van der Waals surface area contributed by atoms with E-state index >= 15 is 0 Å². The standard InChI is InChI=1S/C13H18BrN/c1-2-13(15-9-10-3-4-10)11-5-7-12(14)8-6-11/h5-8,10,13,15H,2-4,9H2,1H3. The molecule has 1 fully saturated rings. The normalized spacial score (nSPS) is 17.7. The lowest BCUT2D eigenvalue weighted by atomic mass is 10.0. The Morgan fingerprint density at radius 2 is 2.00 bits per heavy atom. The molecule has 0 heterocycles. The van der Waals surface area contributed by atoms with E-state index in [1.165, 1.54) is 24.9 Å². The molecule has 1 atom stereocenters. The van der Waals surface area contributed by atoms with Crippen LogP contribution in [0.4, 0.5) is 0 Å². The highest BCUT2D eigenvalue weighted by Crippen LogP contribution is 2.29. The molecule has 0 aliphatic heterocycles. The fourth-order valence-electron chi connectivity index (χ4n) is 1.82. The highest BCUT2D eigenvalue weighted by atomic mass is 79.9. The van der Waals surface area contributed by atoms with Crippen molar-refractivity contribution in [3.05, 3.63) is 34.3 Å². The van der Waals surface area contributed by atoms with Crippen LogP contribution in [0.5, 0.6) is 0 Å². The van der Waals surface area contributed by atoms with E-state index in [9.17, 15) is 0 Å². The summed E-state index contributed by atoms with van der Waals surface area (Å²) in [6.45, 7) is 3.43. The second-order valence-electron chi connectivity index (χ2n) is 4.36. The van der Waals surface area contributed by atoms with Crippen molar-refractivity contribution in [2.75, 3.05) is 6.54 Å². The Hall–Kier alpha value is -0.340. The lowest BCUT2D eigenvalue weighted by Gasteiger charge is -2.17. The van der Waals surface area contributed by atoms with Crippen LogP contribution < -0.4 is 5.32 Å². The molecule has 1 nitrogen and oxygen atoms in total. The molecule has 0 bridgehead atoms. The van der Waals surface area contributed by atoms with Crippen molar-refractivity contribution >= 4 is 15.9 Å². The van der Waals surface area contributed by atoms with Crippen molar-refractivity contribution in [2.45, 2.75) is 32.2 Å². The molecular formula is C13H18BrN. The summed E-state index contributed by atoms with van der Waals surface area (Å²) in [5.74, 6) is 0.953. The Balaban J connectivity index is 1.94. The summed E-state index contributed by atoms with van der Waals surface area (Å²) < 4.78 is 1.16. The van der Waals surface area contributed by atoms with Gasteiger partial charge in [-0.1, -0.05) is 35.0 Å². The largest absolute Gasteiger partial charge is 0.310 e. The van der Waals surface area contributed by atoms with Crippen LogP contribution in [0.1, 0.15) is 37.8 Å². The van der Waals surface area contributed by atoms with E-state index < -0.39 is 0 Å². The van der Waals surface area contributed by atoms with Crippen molar-refractivity contribution in [1.29, 1.82) is 0 Å². The molecule has 0 amide bonds. The Morgan fingerprint density at radius 3 is 2.53 bits per heavy atom. The molecule has 0 aromatic heterocycles. The van der Waals surface area contributed by atoms with Gasteiger partial charge < -0.3 is 5.32 Å². The Labute approximate surface area is 100 Å². The molecule has 0 spiro atoms. The Morgan fingerprint density at radius 1 is 1.33 bits per heavy atom. The molecule has 1 N–H and O–H groups in total. The van der Waals surface area contributed by atoms with Gasteiger partial charge in [-0.15, -0.1) is 0 Å². The average Bonchev–Trinajstić information content (AvgIpc) is 3.05. The number of hydrogen-bond acceptors (Lipinski definition) is 1. The second kappa shape index (κ2) is 5.13. The van der Waals surface area contributed by atoms with Crippen LogP contribution in [0, 0.1) is 5.92 Å². The summed E-state index contributed by atoms with van der Waals surface area (Å²) >= 11 is 3.47. The first kappa shape index (κ1) is 11.2. The molecule has 1 aliphatic rings. The fraction of sp³-hybridized carbons (Fsp3) is 0.538. The first-order valence-corrected chi connectivity index (χ1v) is 6.57. The quantitative estimate of drug-likeness (QED) is 0.854. The zero-order valence-electron chi connectivity index (χ0n) is 9.17. The van der Waals surface area contributed by atoms with Crippen LogP contribution in [-0.4, -0.2) is 6.54 Å². The maximum absolute atomic E-state index is 3.65. The topological polar surface area (TPSA) is 12.0 Å². The van der Waals surface area contributed by atoms with Gasteiger partial charge in [-0.2, -0.15) is 0 Å². The maximum atomic E-state index is 3.65. The number of rotatable bonds is 5. The predicted molar refractivity (Wildman–Crippen MR) is 67.9 cm³/mol. The SMILES string of the molecule is CCC(NCC1CC1)c1ccc(Br)cc1. The van der Waals surface area contributed by atoms with Gasteiger partial charge in [0.1, 0.15) is 0 Å². The van der Waals surface area contributed by atoms with Crippen LogP contribution in [-0.2, 0) is 0 Å². The van der Waals surface area contributed by atoms with Crippen molar-refractivity contribution in [3.63, 3.8) is 0 Å².